The Labute approximate surface area is 151 Å². The summed E-state index contributed by atoms with van der Waals surface area (Å²) < 4.78 is 38.8. The Morgan fingerprint density at radius 1 is 1.19 bits per heavy atom. The molecule has 0 aromatic heterocycles. The molecule has 6 nitrogen and oxygen atoms in total. The zero-order valence-electron chi connectivity index (χ0n) is 13.9. The SMILES string of the molecule is O=C(NCC(O)c1ccccc1F)c1ccc(N2CCCS2(=O)=O)cc1. The number of aliphatic hydroxyl groups is 1. The van der Waals surface area contributed by atoms with E-state index in [4.69, 9.17) is 0 Å². The lowest BCUT2D eigenvalue weighted by Crippen LogP contribution is -2.29. The van der Waals surface area contributed by atoms with Crippen LogP contribution < -0.4 is 9.62 Å². The van der Waals surface area contributed by atoms with Gasteiger partial charge in [0.1, 0.15) is 5.82 Å². The van der Waals surface area contributed by atoms with Crippen molar-refractivity contribution in [2.75, 3.05) is 23.1 Å². The number of anilines is 1. The summed E-state index contributed by atoms with van der Waals surface area (Å²) in [5.74, 6) is -0.843. The third kappa shape index (κ3) is 3.86. The standard InChI is InChI=1S/C18H19FN2O4S/c19-16-5-2-1-4-15(16)17(22)12-20-18(23)13-6-8-14(9-7-13)21-10-3-11-26(21,24)25/h1-2,4-9,17,22H,3,10-12H2,(H,20,23). The van der Waals surface area contributed by atoms with E-state index in [2.05, 4.69) is 5.32 Å². The van der Waals surface area contributed by atoms with Gasteiger partial charge >= 0.3 is 0 Å². The van der Waals surface area contributed by atoms with Crippen LogP contribution in [0.25, 0.3) is 0 Å². The van der Waals surface area contributed by atoms with Gasteiger partial charge in [0, 0.05) is 24.2 Å². The Hall–Kier alpha value is -2.45. The summed E-state index contributed by atoms with van der Waals surface area (Å²) >= 11 is 0. The molecule has 0 aliphatic carbocycles. The fraction of sp³-hybridized carbons (Fsp3) is 0.278. The number of hydrogen-bond donors (Lipinski definition) is 2. The first-order valence-electron chi connectivity index (χ1n) is 8.19. The van der Waals surface area contributed by atoms with E-state index in [9.17, 15) is 22.7 Å². The van der Waals surface area contributed by atoms with Gasteiger partial charge in [0.15, 0.2) is 0 Å². The van der Waals surface area contributed by atoms with E-state index < -0.39 is 27.9 Å². The van der Waals surface area contributed by atoms with Crippen molar-refractivity contribution in [3.8, 4) is 0 Å². The molecule has 3 rings (SSSR count). The van der Waals surface area contributed by atoms with E-state index in [1.165, 1.54) is 34.6 Å². The van der Waals surface area contributed by atoms with Gasteiger partial charge in [-0.15, -0.1) is 0 Å². The molecule has 0 radical (unpaired) electrons. The summed E-state index contributed by atoms with van der Waals surface area (Å²) in [6.45, 7) is 0.296. The second-order valence-electron chi connectivity index (χ2n) is 6.04. The van der Waals surface area contributed by atoms with Gasteiger partial charge in [-0.1, -0.05) is 18.2 Å². The normalized spacial score (nSPS) is 17.1. The van der Waals surface area contributed by atoms with Gasteiger partial charge in [-0.3, -0.25) is 9.10 Å². The lowest BCUT2D eigenvalue weighted by molar-refractivity contribution is 0.0914. The van der Waals surface area contributed by atoms with Gasteiger partial charge in [-0.25, -0.2) is 12.8 Å². The lowest BCUT2D eigenvalue weighted by atomic mass is 10.1. The molecule has 1 aliphatic heterocycles. The highest BCUT2D eigenvalue weighted by molar-refractivity contribution is 7.93. The quantitative estimate of drug-likeness (QED) is 0.831. The fourth-order valence-corrected chi connectivity index (χ4v) is 4.42. The van der Waals surface area contributed by atoms with Gasteiger partial charge in [-0.2, -0.15) is 0 Å². The van der Waals surface area contributed by atoms with Crippen molar-refractivity contribution >= 4 is 21.6 Å². The first-order chi connectivity index (χ1) is 12.4. The smallest absolute Gasteiger partial charge is 0.251 e. The molecule has 138 valence electrons. The third-order valence-electron chi connectivity index (χ3n) is 4.24. The topological polar surface area (TPSA) is 86.7 Å². The number of nitrogens with one attached hydrogen (secondary N) is 1. The highest BCUT2D eigenvalue weighted by atomic mass is 32.2. The van der Waals surface area contributed by atoms with Gasteiger partial charge in [-0.05, 0) is 36.8 Å². The van der Waals surface area contributed by atoms with E-state index in [0.717, 1.165) is 0 Å². The van der Waals surface area contributed by atoms with E-state index in [1.54, 1.807) is 18.2 Å². The minimum absolute atomic E-state index is 0.113. The minimum Gasteiger partial charge on any atom is -0.386 e. The average molecular weight is 378 g/mol. The van der Waals surface area contributed by atoms with Crippen molar-refractivity contribution in [1.29, 1.82) is 0 Å². The van der Waals surface area contributed by atoms with Gasteiger partial charge in [0.05, 0.1) is 17.5 Å². The predicted octanol–water partition coefficient (Wildman–Crippen LogP) is 1.83. The first kappa shape index (κ1) is 18.3. The molecule has 1 unspecified atom stereocenters. The molecule has 1 aliphatic rings. The van der Waals surface area contributed by atoms with Crippen LogP contribution >= 0.6 is 0 Å². The van der Waals surface area contributed by atoms with E-state index >= 15 is 0 Å². The van der Waals surface area contributed by atoms with Crippen LogP contribution in [0.3, 0.4) is 0 Å². The molecule has 1 amide bonds. The minimum atomic E-state index is -3.27. The fourth-order valence-electron chi connectivity index (χ4n) is 2.86. The molecule has 26 heavy (non-hydrogen) atoms. The molecular weight excluding hydrogens is 359 g/mol. The van der Waals surface area contributed by atoms with Gasteiger partial charge < -0.3 is 10.4 Å². The summed E-state index contributed by atoms with van der Waals surface area (Å²) in [4.78, 5) is 12.2. The van der Waals surface area contributed by atoms with Crippen molar-refractivity contribution in [2.45, 2.75) is 12.5 Å². The molecule has 1 heterocycles. The van der Waals surface area contributed by atoms with Crippen LogP contribution in [0.15, 0.2) is 48.5 Å². The molecule has 8 heteroatoms. The average Bonchev–Trinajstić information content (AvgIpc) is 2.99. The highest BCUT2D eigenvalue weighted by Crippen LogP contribution is 2.24. The van der Waals surface area contributed by atoms with Gasteiger partial charge in [0.2, 0.25) is 10.0 Å². The number of benzene rings is 2. The molecular formula is C18H19FN2O4S. The Kier molecular flexibility index (Phi) is 5.24. The lowest BCUT2D eigenvalue weighted by Gasteiger charge is -2.17. The van der Waals surface area contributed by atoms with Crippen LogP contribution in [0.2, 0.25) is 0 Å². The highest BCUT2D eigenvalue weighted by Gasteiger charge is 2.28. The van der Waals surface area contributed by atoms with Crippen LogP contribution in [0.1, 0.15) is 28.4 Å². The molecule has 2 aromatic rings. The molecule has 0 spiro atoms. The number of carbonyl (C=O) groups is 1. The summed E-state index contributed by atoms with van der Waals surface area (Å²) in [7, 11) is -3.27. The molecule has 0 bridgehead atoms. The second-order valence-corrected chi connectivity index (χ2v) is 8.05. The Morgan fingerprint density at radius 3 is 2.50 bits per heavy atom. The van der Waals surface area contributed by atoms with Crippen LogP contribution in [0.4, 0.5) is 10.1 Å². The van der Waals surface area contributed by atoms with Crippen LogP contribution in [-0.4, -0.2) is 38.3 Å². The number of halogens is 1. The van der Waals surface area contributed by atoms with Crippen LogP contribution in [0, 0.1) is 5.82 Å². The maximum Gasteiger partial charge on any atom is 0.251 e. The zero-order valence-corrected chi connectivity index (χ0v) is 14.7. The summed E-state index contributed by atoms with van der Waals surface area (Å²) in [6.07, 6.45) is -0.576. The molecule has 0 saturated carbocycles. The monoisotopic (exact) mass is 378 g/mol. The van der Waals surface area contributed by atoms with Gasteiger partial charge in [0.25, 0.3) is 5.91 Å². The zero-order chi connectivity index (χ0) is 18.7. The Balaban J connectivity index is 1.63. The summed E-state index contributed by atoms with van der Waals surface area (Å²) in [6, 6.07) is 12.0. The number of amides is 1. The van der Waals surface area contributed by atoms with E-state index in [-0.39, 0.29) is 17.9 Å². The van der Waals surface area contributed by atoms with E-state index in [0.29, 0.717) is 24.2 Å². The number of carbonyl (C=O) groups excluding carboxylic acids is 1. The van der Waals surface area contributed by atoms with Crippen LogP contribution in [0.5, 0.6) is 0 Å². The molecule has 1 saturated heterocycles. The summed E-state index contributed by atoms with van der Waals surface area (Å²) in [5, 5.41) is 12.6. The molecule has 1 fully saturated rings. The Bertz CT molecular complexity index is 900. The maximum absolute atomic E-state index is 13.6. The van der Waals surface area contributed by atoms with Crippen molar-refractivity contribution in [1.82, 2.24) is 5.32 Å². The van der Waals surface area contributed by atoms with Crippen LogP contribution in [-0.2, 0) is 10.0 Å². The predicted molar refractivity (Wildman–Crippen MR) is 95.9 cm³/mol. The summed E-state index contributed by atoms with van der Waals surface area (Å²) in [5.41, 5.74) is 0.957. The first-order valence-corrected chi connectivity index (χ1v) is 9.80. The Morgan fingerprint density at radius 2 is 1.88 bits per heavy atom. The maximum atomic E-state index is 13.6. The van der Waals surface area contributed by atoms with E-state index in [1.807, 2.05) is 0 Å². The molecule has 2 N–H and O–H groups in total. The third-order valence-corrected chi connectivity index (χ3v) is 6.11. The number of aliphatic hydroxyl groups excluding tert-OH is 1. The van der Waals surface area contributed by atoms with Crippen molar-refractivity contribution < 1.29 is 22.7 Å². The number of nitrogens with zero attached hydrogens (tertiary/aromatic N) is 1. The number of sulfonamides is 1. The largest absolute Gasteiger partial charge is 0.386 e. The number of hydrogen-bond acceptors (Lipinski definition) is 4. The molecule has 1 atom stereocenters. The second kappa shape index (κ2) is 7.43. The number of rotatable bonds is 5. The van der Waals surface area contributed by atoms with Crippen molar-refractivity contribution in [3.05, 3.63) is 65.5 Å². The van der Waals surface area contributed by atoms with Crippen molar-refractivity contribution in [3.63, 3.8) is 0 Å². The van der Waals surface area contributed by atoms with Crippen molar-refractivity contribution in [2.24, 2.45) is 0 Å². The molecule has 2 aromatic carbocycles.